The number of nitrogens with zero attached hydrogens (tertiary/aromatic N) is 1. The molecule has 1 aromatic carbocycles. The van der Waals surface area contributed by atoms with Gasteiger partial charge < -0.3 is 4.74 Å². The lowest BCUT2D eigenvalue weighted by Crippen LogP contribution is -1.80. The summed E-state index contributed by atoms with van der Waals surface area (Å²) in [6, 6.07) is 9.56. The van der Waals surface area contributed by atoms with Crippen LogP contribution in [0.5, 0.6) is 5.75 Å². The van der Waals surface area contributed by atoms with Crippen molar-refractivity contribution in [1.29, 1.82) is 0 Å². The third-order valence-corrected chi connectivity index (χ3v) is 1.74. The molecule has 59 valence electrons. The fourth-order valence-corrected chi connectivity index (χ4v) is 1.14. The lowest BCUT2D eigenvalue weighted by molar-refractivity contribution is 0.474. The lowest BCUT2D eigenvalue weighted by atomic mass is 10.2. The van der Waals surface area contributed by atoms with Gasteiger partial charge in [-0.2, -0.15) is 0 Å². The van der Waals surface area contributed by atoms with Crippen LogP contribution in [0.25, 0.3) is 10.9 Å². The van der Waals surface area contributed by atoms with E-state index in [4.69, 9.17) is 4.74 Å². The smallest absolute Gasteiger partial charge is 0.122 e. The minimum absolute atomic E-state index is 0.760. The topological polar surface area (TPSA) is 22.1 Å². The number of pyridine rings is 1. The van der Waals surface area contributed by atoms with Gasteiger partial charge in [0, 0.05) is 11.6 Å². The number of hydrogen-bond acceptors (Lipinski definition) is 2. The molecule has 1 heterocycles. The van der Waals surface area contributed by atoms with Gasteiger partial charge in [0.15, 0.2) is 0 Å². The van der Waals surface area contributed by atoms with Crippen molar-refractivity contribution in [2.45, 2.75) is 0 Å². The molecule has 0 aliphatic rings. The Balaban J connectivity index is 2.67. The quantitative estimate of drug-likeness (QED) is 0.635. The Morgan fingerprint density at radius 2 is 2.17 bits per heavy atom. The summed E-state index contributed by atoms with van der Waals surface area (Å²) in [5, 5.41) is 1.07. The largest absolute Gasteiger partial charge is 0.490 e. The maximum atomic E-state index is 4.84. The van der Waals surface area contributed by atoms with Gasteiger partial charge in [0.25, 0.3) is 0 Å². The maximum Gasteiger partial charge on any atom is 0.122 e. The van der Waals surface area contributed by atoms with Crippen LogP contribution >= 0.6 is 0 Å². The molecule has 0 unspecified atom stereocenters. The summed E-state index contributed by atoms with van der Waals surface area (Å²) in [6.45, 7) is 0. The van der Waals surface area contributed by atoms with Crippen molar-refractivity contribution in [3.63, 3.8) is 0 Å². The molecule has 0 amide bonds. The zero-order chi connectivity index (χ0) is 8.39. The molecule has 2 nitrogen and oxygen atoms in total. The molecule has 1 aromatic heterocycles. The van der Waals surface area contributed by atoms with Gasteiger partial charge in [-0.15, -0.1) is 0 Å². The molecule has 1 radical (unpaired) electrons. The van der Waals surface area contributed by atoms with Crippen molar-refractivity contribution in [3.05, 3.63) is 43.6 Å². The molecule has 0 aliphatic heterocycles. The molecule has 2 heteroatoms. The van der Waals surface area contributed by atoms with Crippen molar-refractivity contribution in [3.8, 4) is 5.75 Å². The van der Waals surface area contributed by atoms with E-state index in [1.165, 1.54) is 0 Å². The predicted molar refractivity (Wildman–Crippen MR) is 47.7 cm³/mol. The Bertz CT molecular complexity index is 398. The van der Waals surface area contributed by atoms with Crippen LogP contribution in [0.15, 0.2) is 36.5 Å². The first-order chi connectivity index (χ1) is 5.90. The highest BCUT2D eigenvalue weighted by Crippen LogP contribution is 2.18. The molecule has 0 saturated carbocycles. The number of aromatic nitrogens is 1. The summed E-state index contributed by atoms with van der Waals surface area (Å²) in [6.07, 6.45) is 1.77. The van der Waals surface area contributed by atoms with E-state index in [2.05, 4.69) is 12.1 Å². The van der Waals surface area contributed by atoms with Crippen LogP contribution in [0.1, 0.15) is 0 Å². The van der Waals surface area contributed by atoms with Gasteiger partial charge in [0.1, 0.15) is 12.9 Å². The first-order valence-electron chi connectivity index (χ1n) is 3.67. The van der Waals surface area contributed by atoms with Crippen LogP contribution in [0.2, 0.25) is 0 Å². The molecular weight excluding hydrogens is 150 g/mol. The van der Waals surface area contributed by atoms with Crippen LogP contribution in [0.3, 0.4) is 0 Å². The second-order valence-electron chi connectivity index (χ2n) is 2.50. The fraction of sp³-hybridized carbons (Fsp3) is 0. The van der Waals surface area contributed by atoms with Crippen LogP contribution in [-0.2, 0) is 0 Å². The minimum Gasteiger partial charge on any atom is -0.490 e. The van der Waals surface area contributed by atoms with E-state index in [1.807, 2.05) is 30.3 Å². The molecule has 2 rings (SSSR count). The maximum absolute atomic E-state index is 4.84. The van der Waals surface area contributed by atoms with E-state index in [0.717, 1.165) is 16.7 Å². The molecule has 2 aromatic rings. The summed E-state index contributed by atoms with van der Waals surface area (Å²) in [7, 11) is 3.34. The van der Waals surface area contributed by atoms with E-state index < -0.39 is 0 Å². The van der Waals surface area contributed by atoms with Gasteiger partial charge in [0.05, 0.1) is 5.52 Å². The van der Waals surface area contributed by atoms with Gasteiger partial charge in [-0.3, -0.25) is 4.98 Å². The fourth-order valence-electron chi connectivity index (χ4n) is 1.14. The van der Waals surface area contributed by atoms with E-state index >= 15 is 0 Å². The number of benzene rings is 1. The van der Waals surface area contributed by atoms with E-state index in [0.29, 0.717) is 0 Å². The van der Waals surface area contributed by atoms with Crippen LogP contribution in [-0.4, -0.2) is 4.98 Å². The third kappa shape index (κ3) is 1.11. The Morgan fingerprint density at radius 1 is 1.25 bits per heavy atom. The Morgan fingerprint density at radius 3 is 3.00 bits per heavy atom. The van der Waals surface area contributed by atoms with Crippen molar-refractivity contribution >= 4 is 10.9 Å². The highest BCUT2D eigenvalue weighted by Gasteiger charge is 1.94. The number of ether oxygens (including phenoxy) is 1. The highest BCUT2D eigenvalue weighted by molar-refractivity contribution is 5.79. The second kappa shape index (κ2) is 2.81. The summed E-state index contributed by atoms with van der Waals surface area (Å²) in [5.74, 6) is 0.760. The Labute approximate surface area is 70.8 Å². The van der Waals surface area contributed by atoms with Crippen molar-refractivity contribution in [2.75, 3.05) is 0 Å². The summed E-state index contributed by atoms with van der Waals surface area (Å²) >= 11 is 0. The molecule has 0 fully saturated rings. The molecule has 0 aliphatic carbocycles. The van der Waals surface area contributed by atoms with Crippen LogP contribution in [0, 0.1) is 7.11 Å². The first-order valence-corrected chi connectivity index (χ1v) is 3.67. The molecule has 0 atom stereocenters. The van der Waals surface area contributed by atoms with E-state index in [9.17, 15) is 0 Å². The minimum atomic E-state index is 0.760. The standard InChI is InChI=1S/C10H8NO/c1-12-9-4-5-10-8(7-9)3-2-6-11-10/h2-7H,1H2. The monoisotopic (exact) mass is 158 g/mol. The van der Waals surface area contributed by atoms with Crippen LogP contribution < -0.4 is 4.74 Å². The van der Waals surface area contributed by atoms with E-state index in [1.54, 1.807) is 6.20 Å². The average molecular weight is 158 g/mol. The van der Waals surface area contributed by atoms with Gasteiger partial charge >= 0.3 is 0 Å². The molecule has 0 spiro atoms. The molecular formula is C10H8NO. The number of rotatable bonds is 1. The number of hydrogen-bond donors (Lipinski definition) is 0. The predicted octanol–water partition coefficient (Wildman–Crippen LogP) is 2.41. The SMILES string of the molecule is [CH2]Oc1ccc2ncccc2c1. The summed E-state index contributed by atoms with van der Waals surface area (Å²) in [4.78, 5) is 4.18. The zero-order valence-electron chi connectivity index (χ0n) is 6.53. The Kier molecular flexibility index (Phi) is 1.67. The van der Waals surface area contributed by atoms with Gasteiger partial charge in [-0.1, -0.05) is 6.07 Å². The van der Waals surface area contributed by atoms with Crippen molar-refractivity contribution < 1.29 is 4.74 Å². The number of fused-ring (bicyclic) bond motifs is 1. The second-order valence-corrected chi connectivity index (χ2v) is 2.50. The third-order valence-electron chi connectivity index (χ3n) is 1.74. The van der Waals surface area contributed by atoms with Crippen molar-refractivity contribution in [1.82, 2.24) is 4.98 Å². The molecule has 0 bridgehead atoms. The lowest BCUT2D eigenvalue weighted by Gasteiger charge is -1.99. The zero-order valence-corrected chi connectivity index (χ0v) is 6.53. The molecule has 0 saturated heterocycles. The normalized spacial score (nSPS) is 10.1. The highest BCUT2D eigenvalue weighted by atomic mass is 16.5. The summed E-state index contributed by atoms with van der Waals surface area (Å²) in [5.41, 5.74) is 0.971. The van der Waals surface area contributed by atoms with Gasteiger partial charge in [0.2, 0.25) is 0 Å². The van der Waals surface area contributed by atoms with Gasteiger partial charge in [-0.05, 0) is 24.3 Å². The summed E-state index contributed by atoms with van der Waals surface area (Å²) < 4.78 is 4.84. The van der Waals surface area contributed by atoms with E-state index in [-0.39, 0.29) is 0 Å². The Hall–Kier alpha value is -1.57. The van der Waals surface area contributed by atoms with Gasteiger partial charge in [-0.25, -0.2) is 0 Å². The molecule has 12 heavy (non-hydrogen) atoms. The van der Waals surface area contributed by atoms with Crippen LogP contribution in [0.4, 0.5) is 0 Å². The molecule has 0 N–H and O–H groups in total. The first kappa shape index (κ1) is 7.10. The average Bonchev–Trinajstić information content (AvgIpc) is 2.17. The van der Waals surface area contributed by atoms with Crippen molar-refractivity contribution in [2.24, 2.45) is 0 Å².